The largest absolute Gasteiger partial charge is 0.384 e. The third-order valence-electron chi connectivity index (χ3n) is 2.11. The molecule has 1 aromatic rings. The number of anilines is 1. The Labute approximate surface area is 104 Å². The molecule has 0 unspecified atom stereocenters. The van der Waals surface area contributed by atoms with Crippen molar-refractivity contribution < 1.29 is 9.66 Å². The number of nitrogen functional groups attached to an aromatic ring is 1. The molecule has 7 heteroatoms. The summed E-state index contributed by atoms with van der Waals surface area (Å²) < 4.78 is 4.93. The van der Waals surface area contributed by atoms with E-state index in [1.54, 1.807) is 31.0 Å². The molecule has 0 aliphatic heterocycles. The van der Waals surface area contributed by atoms with E-state index in [2.05, 4.69) is 5.43 Å². The van der Waals surface area contributed by atoms with Crippen LogP contribution in [0, 0.1) is 10.1 Å². The maximum absolute atomic E-state index is 10.7. The van der Waals surface area contributed by atoms with Gasteiger partial charge in [0.2, 0.25) is 0 Å². The molecule has 0 radical (unpaired) electrons. The van der Waals surface area contributed by atoms with Gasteiger partial charge >= 0.3 is 0 Å². The van der Waals surface area contributed by atoms with E-state index < -0.39 is 4.92 Å². The predicted octanol–water partition coefficient (Wildman–Crippen LogP) is 1.76. The average Bonchev–Trinajstić information content (AvgIpc) is 2.34. The van der Waals surface area contributed by atoms with Gasteiger partial charge in [-0.15, -0.1) is 0 Å². The van der Waals surface area contributed by atoms with Crippen LogP contribution in [0.3, 0.4) is 0 Å². The number of nitrogens with two attached hydrogens (primary N) is 1. The van der Waals surface area contributed by atoms with E-state index in [4.69, 9.17) is 10.6 Å². The first kappa shape index (κ1) is 13.8. The van der Waals surface area contributed by atoms with E-state index in [1.165, 1.54) is 6.07 Å². The number of hydrazine groups is 1. The zero-order valence-electron chi connectivity index (χ0n) is 9.51. The first-order chi connectivity index (χ1) is 8.19. The molecular weight excluding hydrogens is 242 g/mol. The van der Waals surface area contributed by atoms with Gasteiger partial charge in [-0.2, -0.15) is 11.8 Å². The molecule has 0 heterocycles. The number of rotatable bonds is 7. The normalized spacial score (nSPS) is 10.2. The van der Waals surface area contributed by atoms with Gasteiger partial charge in [0.1, 0.15) is 5.69 Å². The SMILES string of the molecule is COCCSCc1ccc([N+](=O)[O-])c(NN)c1. The molecule has 0 aliphatic carbocycles. The van der Waals surface area contributed by atoms with Crippen LogP contribution in [0.1, 0.15) is 5.56 Å². The van der Waals surface area contributed by atoms with Crippen molar-refractivity contribution >= 4 is 23.1 Å². The Morgan fingerprint density at radius 2 is 2.35 bits per heavy atom. The van der Waals surface area contributed by atoms with Gasteiger partial charge in [-0.1, -0.05) is 6.07 Å². The van der Waals surface area contributed by atoms with Crippen molar-refractivity contribution in [2.24, 2.45) is 5.84 Å². The molecule has 0 atom stereocenters. The molecular formula is C10H15N3O3S. The van der Waals surface area contributed by atoms with Gasteiger partial charge in [-0.3, -0.25) is 16.0 Å². The molecule has 0 aliphatic rings. The molecule has 3 N–H and O–H groups in total. The van der Waals surface area contributed by atoms with Crippen LogP contribution in [0.5, 0.6) is 0 Å². The van der Waals surface area contributed by atoms with Gasteiger partial charge in [0.15, 0.2) is 0 Å². The number of ether oxygens (including phenoxy) is 1. The number of nitrogens with zero attached hydrogens (tertiary/aromatic N) is 1. The van der Waals surface area contributed by atoms with Crippen LogP contribution >= 0.6 is 11.8 Å². The average molecular weight is 257 g/mol. The van der Waals surface area contributed by atoms with E-state index in [0.29, 0.717) is 12.3 Å². The highest BCUT2D eigenvalue weighted by molar-refractivity contribution is 7.98. The topological polar surface area (TPSA) is 90.4 Å². The number of nitro benzene ring substituents is 1. The number of thioether (sulfide) groups is 1. The quantitative estimate of drug-likeness (QED) is 0.335. The van der Waals surface area contributed by atoms with Gasteiger partial charge in [-0.25, -0.2) is 0 Å². The summed E-state index contributed by atoms with van der Waals surface area (Å²) in [6.07, 6.45) is 0. The van der Waals surface area contributed by atoms with Crippen molar-refractivity contribution in [1.29, 1.82) is 0 Å². The van der Waals surface area contributed by atoms with E-state index in [0.717, 1.165) is 17.1 Å². The van der Waals surface area contributed by atoms with Gasteiger partial charge in [-0.05, 0) is 11.6 Å². The number of nitro groups is 1. The summed E-state index contributed by atoms with van der Waals surface area (Å²) in [5.74, 6) is 6.91. The highest BCUT2D eigenvalue weighted by Crippen LogP contribution is 2.26. The number of nitrogens with one attached hydrogen (secondary N) is 1. The molecule has 0 spiro atoms. The Hall–Kier alpha value is -1.31. The highest BCUT2D eigenvalue weighted by Gasteiger charge is 2.12. The summed E-state index contributed by atoms with van der Waals surface area (Å²) in [6.45, 7) is 0.694. The van der Waals surface area contributed by atoms with Gasteiger partial charge < -0.3 is 10.2 Å². The number of hydrogen-bond acceptors (Lipinski definition) is 6. The third kappa shape index (κ3) is 4.22. The fourth-order valence-corrected chi connectivity index (χ4v) is 2.12. The van der Waals surface area contributed by atoms with Crippen LogP contribution in [-0.2, 0) is 10.5 Å². The maximum atomic E-state index is 10.7. The van der Waals surface area contributed by atoms with Crippen LogP contribution in [-0.4, -0.2) is 24.4 Å². The lowest BCUT2D eigenvalue weighted by atomic mass is 10.2. The van der Waals surface area contributed by atoms with Crippen molar-refractivity contribution in [2.75, 3.05) is 24.9 Å². The van der Waals surface area contributed by atoms with Crippen molar-refractivity contribution in [1.82, 2.24) is 0 Å². The first-order valence-electron chi connectivity index (χ1n) is 4.99. The number of benzene rings is 1. The minimum atomic E-state index is -0.461. The first-order valence-corrected chi connectivity index (χ1v) is 6.15. The van der Waals surface area contributed by atoms with E-state index >= 15 is 0 Å². The second-order valence-electron chi connectivity index (χ2n) is 3.30. The molecule has 0 bridgehead atoms. The second kappa shape index (κ2) is 7.10. The van der Waals surface area contributed by atoms with Crippen molar-refractivity contribution in [3.05, 3.63) is 33.9 Å². The smallest absolute Gasteiger partial charge is 0.293 e. The molecule has 0 aromatic heterocycles. The predicted molar refractivity (Wildman–Crippen MR) is 68.9 cm³/mol. The molecule has 0 saturated heterocycles. The summed E-state index contributed by atoms with van der Waals surface area (Å²) >= 11 is 1.70. The third-order valence-corrected chi connectivity index (χ3v) is 3.11. The zero-order chi connectivity index (χ0) is 12.7. The van der Waals surface area contributed by atoms with Crippen molar-refractivity contribution in [3.8, 4) is 0 Å². The monoisotopic (exact) mass is 257 g/mol. The van der Waals surface area contributed by atoms with Gasteiger partial charge in [0.05, 0.1) is 11.5 Å². The van der Waals surface area contributed by atoms with Crippen LogP contribution in [0.25, 0.3) is 0 Å². The summed E-state index contributed by atoms with van der Waals surface area (Å²) in [7, 11) is 1.66. The summed E-state index contributed by atoms with van der Waals surface area (Å²) in [5.41, 5.74) is 3.65. The molecule has 0 fully saturated rings. The molecule has 1 aromatic carbocycles. The lowest BCUT2D eigenvalue weighted by molar-refractivity contribution is -0.384. The molecule has 6 nitrogen and oxygen atoms in total. The Morgan fingerprint density at radius 1 is 1.59 bits per heavy atom. The summed E-state index contributed by atoms with van der Waals surface area (Å²) in [5, 5.41) is 10.7. The molecule has 17 heavy (non-hydrogen) atoms. The number of hydrogen-bond donors (Lipinski definition) is 2. The second-order valence-corrected chi connectivity index (χ2v) is 4.40. The number of methoxy groups -OCH3 is 1. The maximum Gasteiger partial charge on any atom is 0.293 e. The van der Waals surface area contributed by atoms with Gasteiger partial charge in [0, 0.05) is 24.7 Å². The van der Waals surface area contributed by atoms with Crippen LogP contribution in [0.15, 0.2) is 18.2 Å². The molecule has 0 saturated carbocycles. The zero-order valence-corrected chi connectivity index (χ0v) is 10.3. The molecule has 94 valence electrons. The van der Waals surface area contributed by atoms with Crippen molar-refractivity contribution in [2.45, 2.75) is 5.75 Å². The molecule has 0 amide bonds. The van der Waals surface area contributed by atoms with Gasteiger partial charge in [0.25, 0.3) is 5.69 Å². The highest BCUT2D eigenvalue weighted by atomic mass is 32.2. The fraction of sp³-hybridized carbons (Fsp3) is 0.400. The van der Waals surface area contributed by atoms with E-state index in [1.807, 2.05) is 0 Å². The van der Waals surface area contributed by atoms with Crippen LogP contribution in [0.4, 0.5) is 11.4 Å². The van der Waals surface area contributed by atoms with Crippen molar-refractivity contribution in [3.63, 3.8) is 0 Å². The standard InChI is InChI=1S/C10H15N3O3S/c1-16-4-5-17-7-8-2-3-10(13(14)15)9(6-8)12-11/h2-3,6,12H,4-5,7,11H2,1H3. The Bertz CT molecular complexity index is 387. The van der Waals surface area contributed by atoms with E-state index in [9.17, 15) is 10.1 Å². The lowest BCUT2D eigenvalue weighted by Crippen LogP contribution is -2.09. The van der Waals surface area contributed by atoms with Crippen LogP contribution < -0.4 is 11.3 Å². The Morgan fingerprint density at radius 3 is 2.94 bits per heavy atom. The summed E-state index contributed by atoms with van der Waals surface area (Å²) in [6, 6.07) is 4.89. The molecule has 1 rings (SSSR count). The minimum absolute atomic E-state index is 0.0156. The van der Waals surface area contributed by atoms with Crippen LogP contribution in [0.2, 0.25) is 0 Å². The fourth-order valence-electron chi connectivity index (χ4n) is 1.28. The minimum Gasteiger partial charge on any atom is -0.384 e. The Balaban J connectivity index is 2.66. The lowest BCUT2D eigenvalue weighted by Gasteiger charge is -2.05. The Kier molecular flexibility index (Phi) is 5.75. The van der Waals surface area contributed by atoms with E-state index in [-0.39, 0.29) is 5.69 Å². The summed E-state index contributed by atoms with van der Waals surface area (Å²) in [4.78, 5) is 10.2.